The van der Waals surface area contributed by atoms with Gasteiger partial charge < -0.3 is 20.1 Å². The van der Waals surface area contributed by atoms with Crippen LogP contribution in [0.3, 0.4) is 0 Å². The highest BCUT2D eigenvalue weighted by Gasteiger charge is 2.20. The van der Waals surface area contributed by atoms with Gasteiger partial charge in [0.15, 0.2) is 5.96 Å². The zero-order valence-electron chi connectivity index (χ0n) is 18.7. The molecule has 2 aliphatic rings. The molecule has 1 aliphatic heterocycles. The van der Waals surface area contributed by atoms with Crippen LogP contribution in [0.4, 0.5) is 0 Å². The molecular weight excluding hydrogens is 376 g/mol. The Morgan fingerprint density at radius 1 is 1.23 bits per heavy atom. The Kier molecular flexibility index (Phi) is 8.87. The highest BCUT2D eigenvalue weighted by atomic mass is 16.5. The van der Waals surface area contributed by atoms with E-state index in [2.05, 4.69) is 35.1 Å². The summed E-state index contributed by atoms with van der Waals surface area (Å²) in [6, 6.07) is 6.51. The topological polar surface area (TPSA) is 58.1 Å². The quantitative estimate of drug-likeness (QED) is 0.366. The van der Waals surface area contributed by atoms with Gasteiger partial charge in [0.05, 0.1) is 19.8 Å². The van der Waals surface area contributed by atoms with E-state index in [1.807, 2.05) is 18.2 Å². The minimum Gasteiger partial charge on any atom is -0.497 e. The molecule has 2 N–H and O–H groups in total. The molecule has 0 aromatic heterocycles. The number of ether oxygens (including phenoxy) is 2. The van der Waals surface area contributed by atoms with Crippen LogP contribution in [-0.4, -0.2) is 56.3 Å². The summed E-state index contributed by atoms with van der Waals surface area (Å²) < 4.78 is 11.7. The fraction of sp³-hybridized carbons (Fsp3) is 0.625. The standard InChI is InChI=1S/C24H38N4O2/c1-4-14-28-15-12-20(13-16-28)27-24(25-5-2)26-18-19-10-11-22(29-3)17-23(19)30-21-8-6-7-9-21/h4,10-11,17,20-21H,1,5-9,12-16,18H2,2-3H3,(H2,25,26,27). The fourth-order valence-electron chi connectivity index (χ4n) is 4.21. The maximum atomic E-state index is 6.32. The van der Waals surface area contributed by atoms with Crippen molar-refractivity contribution in [2.45, 2.75) is 64.1 Å². The number of likely N-dealkylation sites (tertiary alicyclic amines) is 1. The molecule has 3 rings (SSSR count). The van der Waals surface area contributed by atoms with Crippen LogP contribution in [0.1, 0.15) is 51.0 Å². The number of benzene rings is 1. The van der Waals surface area contributed by atoms with Gasteiger partial charge in [0.25, 0.3) is 0 Å². The van der Waals surface area contributed by atoms with E-state index < -0.39 is 0 Å². The summed E-state index contributed by atoms with van der Waals surface area (Å²) in [5.41, 5.74) is 1.10. The number of aliphatic imine (C=N–C) groups is 1. The first-order valence-corrected chi connectivity index (χ1v) is 11.4. The molecule has 1 saturated heterocycles. The number of methoxy groups -OCH3 is 1. The first-order valence-electron chi connectivity index (χ1n) is 11.4. The Hall–Kier alpha value is -2.21. The molecule has 0 bridgehead atoms. The summed E-state index contributed by atoms with van der Waals surface area (Å²) in [5, 5.41) is 7.02. The second kappa shape index (κ2) is 11.8. The lowest BCUT2D eigenvalue weighted by Gasteiger charge is -2.32. The molecule has 1 aromatic carbocycles. The van der Waals surface area contributed by atoms with E-state index in [9.17, 15) is 0 Å². The van der Waals surface area contributed by atoms with Crippen LogP contribution in [0, 0.1) is 0 Å². The molecule has 0 radical (unpaired) electrons. The number of nitrogens with zero attached hydrogens (tertiary/aromatic N) is 2. The maximum absolute atomic E-state index is 6.32. The zero-order valence-corrected chi connectivity index (χ0v) is 18.7. The van der Waals surface area contributed by atoms with E-state index >= 15 is 0 Å². The van der Waals surface area contributed by atoms with Gasteiger partial charge in [-0.2, -0.15) is 0 Å². The van der Waals surface area contributed by atoms with Gasteiger partial charge in [-0.1, -0.05) is 6.08 Å². The lowest BCUT2D eigenvalue weighted by atomic mass is 10.1. The number of rotatable bonds is 9. The molecule has 1 aromatic rings. The third kappa shape index (κ3) is 6.66. The first-order chi connectivity index (χ1) is 14.7. The molecular formula is C24H38N4O2. The van der Waals surface area contributed by atoms with E-state index in [0.29, 0.717) is 18.7 Å². The monoisotopic (exact) mass is 414 g/mol. The fourth-order valence-corrected chi connectivity index (χ4v) is 4.21. The van der Waals surface area contributed by atoms with E-state index in [-0.39, 0.29) is 0 Å². The van der Waals surface area contributed by atoms with Crippen LogP contribution in [-0.2, 0) is 6.54 Å². The molecule has 166 valence electrons. The second-order valence-corrected chi connectivity index (χ2v) is 8.20. The molecule has 6 heteroatoms. The largest absolute Gasteiger partial charge is 0.497 e. The summed E-state index contributed by atoms with van der Waals surface area (Å²) in [6.45, 7) is 10.5. The van der Waals surface area contributed by atoms with Gasteiger partial charge in [-0.3, -0.25) is 4.90 Å². The lowest BCUT2D eigenvalue weighted by Crippen LogP contribution is -2.48. The van der Waals surface area contributed by atoms with E-state index in [4.69, 9.17) is 14.5 Å². The van der Waals surface area contributed by atoms with Crippen LogP contribution in [0.2, 0.25) is 0 Å². The predicted molar refractivity (Wildman–Crippen MR) is 123 cm³/mol. The second-order valence-electron chi connectivity index (χ2n) is 8.20. The molecule has 0 spiro atoms. The smallest absolute Gasteiger partial charge is 0.191 e. The number of piperidine rings is 1. The molecule has 0 amide bonds. The molecule has 1 aliphatic carbocycles. The Morgan fingerprint density at radius 3 is 2.67 bits per heavy atom. The number of hydrogen-bond acceptors (Lipinski definition) is 4. The van der Waals surface area contributed by atoms with Crippen LogP contribution in [0.15, 0.2) is 35.8 Å². The van der Waals surface area contributed by atoms with Crippen LogP contribution >= 0.6 is 0 Å². The molecule has 1 heterocycles. The van der Waals surface area contributed by atoms with E-state index in [1.165, 1.54) is 12.8 Å². The van der Waals surface area contributed by atoms with Crippen molar-refractivity contribution in [1.29, 1.82) is 0 Å². The Balaban J connectivity index is 1.64. The average Bonchev–Trinajstić information content (AvgIpc) is 3.27. The van der Waals surface area contributed by atoms with Crippen molar-refractivity contribution >= 4 is 5.96 Å². The van der Waals surface area contributed by atoms with Crippen molar-refractivity contribution in [3.63, 3.8) is 0 Å². The van der Waals surface area contributed by atoms with Gasteiger partial charge >= 0.3 is 0 Å². The van der Waals surface area contributed by atoms with Gasteiger partial charge in [-0.25, -0.2) is 4.99 Å². The van der Waals surface area contributed by atoms with Crippen molar-refractivity contribution < 1.29 is 9.47 Å². The summed E-state index contributed by atoms with van der Waals surface area (Å²) >= 11 is 0. The molecule has 0 unspecified atom stereocenters. The highest BCUT2D eigenvalue weighted by Crippen LogP contribution is 2.30. The predicted octanol–water partition coefficient (Wildman–Crippen LogP) is 3.72. The molecule has 2 fully saturated rings. The molecule has 30 heavy (non-hydrogen) atoms. The van der Waals surface area contributed by atoms with E-state index in [1.54, 1.807) is 7.11 Å². The minimum absolute atomic E-state index is 0.312. The summed E-state index contributed by atoms with van der Waals surface area (Å²) in [7, 11) is 1.69. The van der Waals surface area contributed by atoms with E-state index in [0.717, 1.165) is 74.9 Å². The zero-order chi connectivity index (χ0) is 21.2. The molecule has 6 nitrogen and oxygen atoms in total. The lowest BCUT2D eigenvalue weighted by molar-refractivity contribution is 0.207. The third-order valence-corrected chi connectivity index (χ3v) is 5.94. The van der Waals surface area contributed by atoms with Gasteiger partial charge in [-0.05, 0) is 57.6 Å². The maximum Gasteiger partial charge on any atom is 0.191 e. The number of hydrogen-bond donors (Lipinski definition) is 2. The molecule has 0 atom stereocenters. The van der Waals surface area contributed by atoms with Gasteiger partial charge in [0, 0.05) is 43.9 Å². The summed E-state index contributed by atoms with van der Waals surface area (Å²) in [5.74, 6) is 2.60. The Bertz CT molecular complexity index is 692. The van der Waals surface area contributed by atoms with Crippen LogP contribution in [0.5, 0.6) is 11.5 Å². The number of guanidine groups is 1. The average molecular weight is 415 g/mol. The van der Waals surface area contributed by atoms with Crippen molar-refractivity contribution in [3.8, 4) is 11.5 Å². The van der Waals surface area contributed by atoms with Crippen LogP contribution < -0.4 is 20.1 Å². The van der Waals surface area contributed by atoms with Gasteiger partial charge in [-0.15, -0.1) is 6.58 Å². The van der Waals surface area contributed by atoms with Crippen molar-refractivity contribution in [2.24, 2.45) is 4.99 Å². The van der Waals surface area contributed by atoms with Gasteiger partial charge in [0.1, 0.15) is 11.5 Å². The minimum atomic E-state index is 0.312. The first kappa shape index (κ1) is 22.5. The molecule has 1 saturated carbocycles. The van der Waals surface area contributed by atoms with Crippen molar-refractivity contribution in [3.05, 3.63) is 36.4 Å². The number of nitrogens with one attached hydrogen (secondary N) is 2. The summed E-state index contributed by atoms with van der Waals surface area (Å²) in [4.78, 5) is 7.31. The van der Waals surface area contributed by atoms with Gasteiger partial charge in [0.2, 0.25) is 0 Å². The SMILES string of the molecule is C=CCN1CCC(NC(=NCc2ccc(OC)cc2OC2CCCC2)NCC)CC1. The Morgan fingerprint density at radius 2 is 2.00 bits per heavy atom. The highest BCUT2D eigenvalue weighted by molar-refractivity contribution is 5.80. The summed E-state index contributed by atoms with van der Waals surface area (Å²) in [6.07, 6.45) is 9.31. The van der Waals surface area contributed by atoms with Crippen LogP contribution in [0.25, 0.3) is 0 Å². The normalized spacial score (nSPS) is 18.9. The van der Waals surface area contributed by atoms with Crippen molar-refractivity contribution in [2.75, 3.05) is 33.3 Å². The Labute approximate surface area is 181 Å². The third-order valence-electron chi connectivity index (χ3n) is 5.94. The van der Waals surface area contributed by atoms with Crippen molar-refractivity contribution in [1.82, 2.24) is 15.5 Å².